The Morgan fingerprint density at radius 3 is 2.31 bits per heavy atom. The zero-order valence-electron chi connectivity index (χ0n) is 15.7. The Bertz CT molecular complexity index is 749. The lowest BCUT2D eigenvalue weighted by molar-refractivity contribution is -0.145. The van der Waals surface area contributed by atoms with Gasteiger partial charge in [0.05, 0.1) is 13.2 Å². The topological polar surface area (TPSA) is 49.8 Å². The number of carbonyl (C=O) groups is 1. The summed E-state index contributed by atoms with van der Waals surface area (Å²) in [5.74, 6) is 0.0777. The molecule has 0 aliphatic carbocycles. The third-order valence-electron chi connectivity index (χ3n) is 5.15. The number of hydrogen-bond donors (Lipinski definition) is 1. The van der Waals surface area contributed by atoms with Crippen LogP contribution in [0.15, 0.2) is 42.5 Å². The molecule has 0 bridgehead atoms. The van der Waals surface area contributed by atoms with Crippen molar-refractivity contribution in [1.82, 2.24) is 4.90 Å². The SMILES string of the molecule is COc1ccc(C(c2cc(C)cc(C)c2)N2CCCCC2C(=O)O)cc1. The van der Waals surface area contributed by atoms with Crippen molar-refractivity contribution in [2.24, 2.45) is 0 Å². The second kappa shape index (κ2) is 7.92. The Kier molecular flexibility index (Phi) is 5.62. The molecule has 1 aliphatic heterocycles. The van der Waals surface area contributed by atoms with Crippen LogP contribution in [-0.2, 0) is 4.79 Å². The van der Waals surface area contributed by atoms with Gasteiger partial charge in [-0.2, -0.15) is 0 Å². The van der Waals surface area contributed by atoms with E-state index in [1.165, 1.54) is 11.1 Å². The number of aryl methyl sites for hydroxylation is 2. The van der Waals surface area contributed by atoms with Crippen molar-refractivity contribution < 1.29 is 14.6 Å². The molecule has 1 aliphatic rings. The van der Waals surface area contributed by atoms with E-state index in [1.807, 2.05) is 12.1 Å². The quantitative estimate of drug-likeness (QED) is 0.869. The lowest BCUT2D eigenvalue weighted by atomic mass is 9.90. The van der Waals surface area contributed by atoms with Crippen LogP contribution < -0.4 is 4.74 Å². The van der Waals surface area contributed by atoms with Gasteiger partial charge in [-0.3, -0.25) is 9.69 Å². The Morgan fingerprint density at radius 1 is 1.08 bits per heavy atom. The van der Waals surface area contributed by atoms with Gasteiger partial charge in [0, 0.05) is 0 Å². The first-order chi connectivity index (χ1) is 12.5. The highest BCUT2D eigenvalue weighted by molar-refractivity contribution is 5.73. The number of nitrogens with zero attached hydrogens (tertiary/aromatic N) is 1. The lowest BCUT2D eigenvalue weighted by Gasteiger charge is -2.40. The molecule has 0 radical (unpaired) electrons. The van der Waals surface area contributed by atoms with E-state index in [1.54, 1.807) is 7.11 Å². The molecule has 0 spiro atoms. The molecule has 1 saturated heterocycles. The Hall–Kier alpha value is -2.33. The van der Waals surface area contributed by atoms with Crippen LogP contribution in [0.4, 0.5) is 0 Å². The van der Waals surface area contributed by atoms with Crippen LogP contribution in [0.2, 0.25) is 0 Å². The monoisotopic (exact) mass is 353 g/mol. The van der Waals surface area contributed by atoms with Gasteiger partial charge < -0.3 is 9.84 Å². The summed E-state index contributed by atoms with van der Waals surface area (Å²) in [6.07, 6.45) is 2.70. The Labute approximate surface area is 155 Å². The van der Waals surface area contributed by atoms with Crippen molar-refractivity contribution in [3.8, 4) is 5.75 Å². The molecule has 2 aromatic rings. The van der Waals surface area contributed by atoms with Gasteiger partial charge in [0.2, 0.25) is 0 Å². The standard InChI is InChI=1S/C22H27NO3/c1-15-12-16(2)14-18(13-15)21(17-7-9-19(26-3)10-8-17)23-11-5-4-6-20(23)22(24)25/h7-10,12-14,20-21H,4-6,11H2,1-3H3,(H,24,25). The van der Waals surface area contributed by atoms with E-state index >= 15 is 0 Å². The average molecular weight is 353 g/mol. The molecule has 2 unspecified atom stereocenters. The number of carboxylic acid groups (broad SMARTS) is 1. The summed E-state index contributed by atoms with van der Waals surface area (Å²) >= 11 is 0. The largest absolute Gasteiger partial charge is 0.497 e. The number of benzene rings is 2. The van der Waals surface area contributed by atoms with Gasteiger partial charge in [-0.1, -0.05) is 47.9 Å². The Balaban J connectivity index is 2.09. The number of hydrogen-bond acceptors (Lipinski definition) is 3. The van der Waals surface area contributed by atoms with E-state index in [0.717, 1.165) is 36.3 Å². The molecule has 4 nitrogen and oxygen atoms in total. The summed E-state index contributed by atoms with van der Waals surface area (Å²) in [4.78, 5) is 14.1. The third kappa shape index (κ3) is 3.91. The zero-order chi connectivity index (χ0) is 18.7. The van der Waals surface area contributed by atoms with Gasteiger partial charge in [-0.25, -0.2) is 0 Å². The van der Waals surface area contributed by atoms with Crippen LogP contribution in [-0.4, -0.2) is 35.7 Å². The number of aliphatic carboxylic acids is 1. The van der Waals surface area contributed by atoms with Crippen LogP contribution in [0.3, 0.4) is 0 Å². The summed E-state index contributed by atoms with van der Waals surface area (Å²) in [6, 6.07) is 14.0. The summed E-state index contributed by atoms with van der Waals surface area (Å²) in [7, 11) is 1.65. The highest BCUT2D eigenvalue weighted by Crippen LogP contribution is 2.35. The minimum absolute atomic E-state index is 0.0686. The molecule has 2 atom stereocenters. The Morgan fingerprint density at radius 2 is 1.73 bits per heavy atom. The number of methoxy groups -OCH3 is 1. The second-order valence-corrected chi connectivity index (χ2v) is 7.18. The van der Waals surface area contributed by atoms with Crippen molar-refractivity contribution in [2.75, 3.05) is 13.7 Å². The maximum atomic E-state index is 11.9. The van der Waals surface area contributed by atoms with Crippen molar-refractivity contribution in [3.63, 3.8) is 0 Å². The fraction of sp³-hybridized carbons (Fsp3) is 0.409. The fourth-order valence-corrected chi connectivity index (χ4v) is 4.06. The van der Waals surface area contributed by atoms with E-state index in [0.29, 0.717) is 6.42 Å². The number of ether oxygens (including phenoxy) is 1. The van der Waals surface area contributed by atoms with Crippen LogP contribution in [0.1, 0.15) is 47.6 Å². The predicted octanol–water partition coefficient (Wildman–Crippen LogP) is 4.34. The molecule has 4 heteroatoms. The maximum Gasteiger partial charge on any atom is 0.320 e. The van der Waals surface area contributed by atoms with Crippen LogP contribution in [0.5, 0.6) is 5.75 Å². The molecule has 138 valence electrons. The van der Waals surface area contributed by atoms with Gasteiger partial charge in [0.15, 0.2) is 0 Å². The molecule has 0 aromatic heterocycles. The molecular formula is C22H27NO3. The summed E-state index contributed by atoms with van der Waals surface area (Å²) in [6.45, 7) is 4.97. The molecule has 0 amide bonds. The number of rotatable bonds is 5. The molecule has 2 aromatic carbocycles. The average Bonchev–Trinajstić information content (AvgIpc) is 2.62. The fourth-order valence-electron chi connectivity index (χ4n) is 4.06. The van der Waals surface area contributed by atoms with Crippen molar-refractivity contribution >= 4 is 5.97 Å². The third-order valence-corrected chi connectivity index (χ3v) is 5.15. The van der Waals surface area contributed by atoms with Crippen LogP contribution >= 0.6 is 0 Å². The van der Waals surface area contributed by atoms with Crippen molar-refractivity contribution in [2.45, 2.75) is 45.2 Å². The first-order valence-corrected chi connectivity index (χ1v) is 9.20. The van der Waals surface area contributed by atoms with Crippen molar-refractivity contribution in [3.05, 3.63) is 64.7 Å². The first kappa shape index (κ1) is 18.5. The van der Waals surface area contributed by atoms with E-state index in [-0.39, 0.29) is 6.04 Å². The smallest absolute Gasteiger partial charge is 0.320 e. The first-order valence-electron chi connectivity index (χ1n) is 9.20. The maximum absolute atomic E-state index is 11.9. The van der Waals surface area contributed by atoms with Crippen molar-refractivity contribution in [1.29, 1.82) is 0 Å². The molecule has 3 rings (SSSR count). The van der Waals surface area contributed by atoms with E-state index < -0.39 is 12.0 Å². The molecule has 1 N–H and O–H groups in total. The van der Waals surface area contributed by atoms with Crippen LogP contribution in [0, 0.1) is 13.8 Å². The van der Waals surface area contributed by atoms with Crippen LogP contribution in [0.25, 0.3) is 0 Å². The highest BCUT2D eigenvalue weighted by atomic mass is 16.5. The second-order valence-electron chi connectivity index (χ2n) is 7.18. The summed E-state index contributed by atoms with van der Waals surface area (Å²) < 4.78 is 5.29. The molecule has 1 heterocycles. The minimum atomic E-state index is -0.729. The number of carboxylic acids is 1. The molecule has 1 fully saturated rings. The summed E-state index contributed by atoms with van der Waals surface area (Å²) in [5, 5.41) is 9.78. The van der Waals surface area contributed by atoms with Gasteiger partial charge in [0.25, 0.3) is 0 Å². The van der Waals surface area contributed by atoms with E-state index in [2.05, 4.69) is 49.1 Å². The van der Waals surface area contributed by atoms with Gasteiger partial charge in [0.1, 0.15) is 11.8 Å². The van der Waals surface area contributed by atoms with Gasteiger partial charge >= 0.3 is 5.97 Å². The highest BCUT2D eigenvalue weighted by Gasteiger charge is 2.35. The predicted molar refractivity (Wildman–Crippen MR) is 103 cm³/mol. The number of likely N-dealkylation sites (tertiary alicyclic amines) is 1. The zero-order valence-corrected chi connectivity index (χ0v) is 15.7. The van der Waals surface area contributed by atoms with E-state index in [9.17, 15) is 9.90 Å². The summed E-state index contributed by atoms with van der Waals surface area (Å²) in [5.41, 5.74) is 4.65. The number of piperidine rings is 1. The van der Waals surface area contributed by atoms with Gasteiger partial charge in [-0.15, -0.1) is 0 Å². The normalized spacial score (nSPS) is 19.1. The van der Waals surface area contributed by atoms with Gasteiger partial charge in [-0.05, 0) is 56.5 Å². The molecule has 26 heavy (non-hydrogen) atoms. The lowest BCUT2D eigenvalue weighted by Crippen LogP contribution is -2.46. The minimum Gasteiger partial charge on any atom is -0.497 e. The molecular weight excluding hydrogens is 326 g/mol. The molecule has 0 saturated carbocycles. The van der Waals surface area contributed by atoms with E-state index in [4.69, 9.17) is 4.74 Å².